The van der Waals surface area contributed by atoms with Crippen molar-refractivity contribution in [3.05, 3.63) is 35.7 Å². The third-order valence-electron chi connectivity index (χ3n) is 2.20. The average molecular weight is 261 g/mol. The quantitative estimate of drug-likeness (QED) is 0.781. The van der Waals surface area contributed by atoms with E-state index in [2.05, 4.69) is 25.9 Å². The van der Waals surface area contributed by atoms with Gasteiger partial charge in [0.2, 0.25) is 0 Å². The predicted octanol–water partition coefficient (Wildman–Crippen LogP) is 0.629. The van der Waals surface area contributed by atoms with Gasteiger partial charge < -0.3 is 10.1 Å². The lowest BCUT2D eigenvalue weighted by molar-refractivity contribution is 0.0526. The van der Waals surface area contributed by atoms with E-state index in [1.807, 2.05) is 0 Å². The number of hydrogen-bond acceptors (Lipinski definition) is 6. The number of tetrazole rings is 1. The first-order valence-corrected chi connectivity index (χ1v) is 5.52. The van der Waals surface area contributed by atoms with Gasteiger partial charge in [0.05, 0.1) is 12.2 Å². The minimum absolute atomic E-state index is 0.0607. The van der Waals surface area contributed by atoms with Crippen molar-refractivity contribution in [1.29, 1.82) is 0 Å². The minimum atomic E-state index is -0.488. The summed E-state index contributed by atoms with van der Waals surface area (Å²) in [5.74, 6) is -0.953. The smallest absolute Gasteiger partial charge is 0.338 e. The number of aromatic nitrogens is 4. The molecule has 2 N–H and O–H groups in total. The topological polar surface area (TPSA) is 110 Å². The van der Waals surface area contributed by atoms with Crippen molar-refractivity contribution in [3.63, 3.8) is 0 Å². The Kier molecular flexibility index (Phi) is 3.81. The SMILES string of the molecule is CCOC(=O)c1ccc(NC(=O)c2nn[nH]n2)cc1. The zero-order valence-electron chi connectivity index (χ0n) is 10.1. The minimum Gasteiger partial charge on any atom is -0.462 e. The van der Waals surface area contributed by atoms with Gasteiger partial charge in [-0.2, -0.15) is 5.21 Å². The molecular formula is C11H11N5O3. The van der Waals surface area contributed by atoms with Gasteiger partial charge in [-0.05, 0) is 36.4 Å². The Labute approximate surface area is 108 Å². The summed E-state index contributed by atoms with van der Waals surface area (Å²) in [5.41, 5.74) is 0.933. The molecule has 1 amide bonds. The molecule has 0 aliphatic heterocycles. The van der Waals surface area contributed by atoms with E-state index in [0.717, 1.165) is 0 Å². The van der Waals surface area contributed by atoms with Crippen LogP contribution in [0, 0.1) is 0 Å². The Hall–Kier alpha value is -2.77. The largest absolute Gasteiger partial charge is 0.462 e. The van der Waals surface area contributed by atoms with E-state index in [4.69, 9.17) is 4.74 Å². The highest BCUT2D eigenvalue weighted by Crippen LogP contribution is 2.11. The monoisotopic (exact) mass is 261 g/mol. The van der Waals surface area contributed by atoms with Crippen LogP contribution in [-0.4, -0.2) is 39.1 Å². The number of nitrogens with zero attached hydrogens (tertiary/aromatic N) is 3. The van der Waals surface area contributed by atoms with E-state index in [1.165, 1.54) is 0 Å². The van der Waals surface area contributed by atoms with Crippen LogP contribution in [0.3, 0.4) is 0 Å². The van der Waals surface area contributed by atoms with Gasteiger partial charge in [0.15, 0.2) is 0 Å². The molecule has 19 heavy (non-hydrogen) atoms. The van der Waals surface area contributed by atoms with Crippen LogP contribution in [0.15, 0.2) is 24.3 Å². The molecule has 0 unspecified atom stereocenters. The molecule has 1 aromatic carbocycles. The van der Waals surface area contributed by atoms with E-state index in [1.54, 1.807) is 31.2 Å². The zero-order valence-corrected chi connectivity index (χ0v) is 10.1. The molecule has 0 saturated carbocycles. The second-order valence-corrected chi connectivity index (χ2v) is 3.49. The lowest BCUT2D eigenvalue weighted by Gasteiger charge is -2.04. The van der Waals surface area contributed by atoms with E-state index in [0.29, 0.717) is 17.9 Å². The van der Waals surface area contributed by atoms with E-state index >= 15 is 0 Å². The van der Waals surface area contributed by atoms with Crippen molar-refractivity contribution in [2.75, 3.05) is 11.9 Å². The molecule has 0 bridgehead atoms. The highest BCUT2D eigenvalue weighted by molar-refractivity contribution is 6.01. The van der Waals surface area contributed by atoms with Crippen LogP contribution in [0.5, 0.6) is 0 Å². The number of rotatable bonds is 4. The van der Waals surface area contributed by atoms with Crippen molar-refractivity contribution in [1.82, 2.24) is 20.6 Å². The molecule has 0 atom stereocenters. The summed E-state index contributed by atoms with van der Waals surface area (Å²) in [6, 6.07) is 6.29. The van der Waals surface area contributed by atoms with Gasteiger partial charge in [0.1, 0.15) is 0 Å². The lowest BCUT2D eigenvalue weighted by atomic mass is 10.2. The molecule has 1 aromatic heterocycles. The molecule has 8 nitrogen and oxygen atoms in total. The highest BCUT2D eigenvalue weighted by Gasteiger charge is 2.11. The van der Waals surface area contributed by atoms with Gasteiger partial charge in [-0.3, -0.25) is 4.79 Å². The number of carbonyl (C=O) groups is 2. The third kappa shape index (κ3) is 3.12. The van der Waals surface area contributed by atoms with Crippen molar-refractivity contribution < 1.29 is 14.3 Å². The van der Waals surface area contributed by atoms with Crippen LogP contribution in [0.4, 0.5) is 5.69 Å². The molecule has 0 fully saturated rings. The standard InChI is InChI=1S/C11H11N5O3/c1-2-19-11(18)7-3-5-8(6-4-7)12-10(17)9-13-15-16-14-9/h3-6H,2H2,1H3,(H,12,17)(H,13,14,15,16). The first kappa shape index (κ1) is 12.7. The first-order valence-electron chi connectivity index (χ1n) is 5.52. The Balaban J connectivity index is 2.03. The fourth-order valence-corrected chi connectivity index (χ4v) is 1.35. The molecule has 98 valence electrons. The maximum atomic E-state index is 11.6. The maximum absolute atomic E-state index is 11.6. The number of esters is 1. The van der Waals surface area contributed by atoms with Crippen molar-refractivity contribution in [2.45, 2.75) is 6.92 Å². The van der Waals surface area contributed by atoms with Crippen molar-refractivity contribution in [3.8, 4) is 0 Å². The van der Waals surface area contributed by atoms with Gasteiger partial charge in [0.25, 0.3) is 11.7 Å². The number of ether oxygens (including phenoxy) is 1. The zero-order chi connectivity index (χ0) is 13.7. The van der Waals surface area contributed by atoms with Gasteiger partial charge in [0, 0.05) is 5.69 Å². The Morgan fingerprint density at radius 1 is 1.32 bits per heavy atom. The number of carbonyl (C=O) groups excluding carboxylic acids is 2. The van der Waals surface area contributed by atoms with Gasteiger partial charge in [-0.25, -0.2) is 4.79 Å². The van der Waals surface area contributed by atoms with Crippen LogP contribution in [0.2, 0.25) is 0 Å². The number of hydrogen-bond donors (Lipinski definition) is 2. The molecule has 0 aliphatic carbocycles. The summed E-state index contributed by atoms with van der Waals surface area (Å²) in [6.07, 6.45) is 0. The van der Waals surface area contributed by atoms with E-state index in [-0.39, 0.29) is 5.82 Å². The molecular weight excluding hydrogens is 250 g/mol. The normalized spacial score (nSPS) is 9.95. The van der Waals surface area contributed by atoms with Gasteiger partial charge in [-0.15, -0.1) is 10.2 Å². The lowest BCUT2D eigenvalue weighted by Crippen LogP contribution is -2.14. The summed E-state index contributed by atoms with van der Waals surface area (Å²) in [6.45, 7) is 2.05. The summed E-state index contributed by atoms with van der Waals surface area (Å²) in [5, 5.41) is 15.1. The highest BCUT2D eigenvalue weighted by atomic mass is 16.5. The molecule has 8 heteroatoms. The van der Waals surface area contributed by atoms with E-state index < -0.39 is 11.9 Å². The maximum Gasteiger partial charge on any atom is 0.338 e. The number of amides is 1. The van der Waals surface area contributed by atoms with Crippen LogP contribution in [0.1, 0.15) is 27.9 Å². The summed E-state index contributed by atoms with van der Waals surface area (Å²) in [7, 11) is 0. The van der Waals surface area contributed by atoms with Crippen LogP contribution in [-0.2, 0) is 4.74 Å². The van der Waals surface area contributed by atoms with Crippen LogP contribution >= 0.6 is 0 Å². The molecule has 1 heterocycles. The molecule has 0 aliphatic rings. The van der Waals surface area contributed by atoms with Crippen LogP contribution < -0.4 is 5.32 Å². The van der Waals surface area contributed by atoms with Gasteiger partial charge >= 0.3 is 5.97 Å². The summed E-state index contributed by atoms with van der Waals surface area (Å²) in [4.78, 5) is 23.0. The Morgan fingerprint density at radius 2 is 2.05 bits per heavy atom. The fourth-order valence-electron chi connectivity index (χ4n) is 1.35. The molecule has 0 spiro atoms. The first-order chi connectivity index (χ1) is 9.20. The van der Waals surface area contributed by atoms with Crippen LogP contribution in [0.25, 0.3) is 0 Å². The number of aromatic amines is 1. The molecule has 2 aromatic rings. The predicted molar refractivity (Wildman–Crippen MR) is 64.5 cm³/mol. The van der Waals surface area contributed by atoms with E-state index in [9.17, 15) is 9.59 Å². The molecule has 0 saturated heterocycles. The fraction of sp³-hybridized carbons (Fsp3) is 0.182. The van der Waals surface area contributed by atoms with Crippen molar-refractivity contribution >= 4 is 17.6 Å². The summed E-state index contributed by atoms with van der Waals surface area (Å²) >= 11 is 0. The molecule has 2 rings (SSSR count). The Morgan fingerprint density at radius 3 is 2.63 bits per heavy atom. The average Bonchev–Trinajstić information content (AvgIpc) is 2.94. The Bertz CT molecular complexity index is 565. The summed E-state index contributed by atoms with van der Waals surface area (Å²) < 4.78 is 4.85. The molecule has 0 radical (unpaired) electrons. The van der Waals surface area contributed by atoms with Crippen molar-refractivity contribution in [2.24, 2.45) is 0 Å². The third-order valence-corrected chi connectivity index (χ3v) is 2.20. The number of benzene rings is 1. The number of nitrogens with one attached hydrogen (secondary N) is 2. The second kappa shape index (κ2) is 5.71. The number of H-pyrrole nitrogens is 1. The van der Waals surface area contributed by atoms with Gasteiger partial charge in [-0.1, -0.05) is 0 Å². The number of anilines is 1. The second-order valence-electron chi connectivity index (χ2n) is 3.49.